The average Bonchev–Trinajstić information content (AvgIpc) is 3.28. The predicted octanol–water partition coefficient (Wildman–Crippen LogP) is 1.90. The van der Waals surface area contributed by atoms with Crippen LogP contribution in [0, 0.1) is 11.3 Å². The maximum atomic E-state index is 13.1. The highest BCUT2D eigenvalue weighted by Crippen LogP contribution is 2.31. The zero-order chi connectivity index (χ0) is 24.8. The highest BCUT2D eigenvalue weighted by molar-refractivity contribution is 5.99. The second-order valence-electron chi connectivity index (χ2n) is 7.99. The molecule has 10 nitrogen and oxygen atoms in total. The van der Waals surface area contributed by atoms with Crippen LogP contribution >= 0.6 is 0 Å². The van der Waals surface area contributed by atoms with Crippen LogP contribution < -0.4 is 5.32 Å². The fourth-order valence-electron chi connectivity index (χ4n) is 3.71. The van der Waals surface area contributed by atoms with Gasteiger partial charge in [-0.05, 0) is 37.6 Å². The molecular formula is C23H26FN7O3. The second kappa shape index (κ2) is 10.7. The molecule has 1 aromatic heterocycles. The summed E-state index contributed by atoms with van der Waals surface area (Å²) in [6.45, 7) is 1.42. The third-order valence-corrected chi connectivity index (χ3v) is 5.49. The number of nitriles is 1. The Balaban J connectivity index is 1.86. The summed E-state index contributed by atoms with van der Waals surface area (Å²) in [5.41, 5.74) is 1.64. The molecule has 0 unspecified atom stereocenters. The number of amides is 3. The minimum Gasteiger partial charge on any atom is -0.344 e. The van der Waals surface area contributed by atoms with Crippen molar-refractivity contribution in [3.63, 3.8) is 0 Å². The normalized spacial score (nSPS) is 15.2. The molecule has 34 heavy (non-hydrogen) atoms. The quantitative estimate of drug-likeness (QED) is 0.594. The summed E-state index contributed by atoms with van der Waals surface area (Å²) in [6.07, 6.45) is 2.36. The summed E-state index contributed by atoms with van der Waals surface area (Å²) in [5, 5.41) is 16.1. The number of anilines is 1. The molecule has 0 fully saturated rings. The molecule has 1 N–H and O–H groups in total. The van der Waals surface area contributed by atoms with Crippen molar-refractivity contribution in [2.45, 2.75) is 19.4 Å². The van der Waals surface area contributed by atoms with Gasteiger partial charge in [-0.15, -0.1) is 0 Å². The number of rotatable bonds is 8. The summed E-state index contributed by atoms with van der Waals surface area (Å²) < 4.78 is 14.4. The van der Waals surface area contributed by atoms with Crippen LogP contribution in [0.3, 0.4) is 0 Å². The molecule has 1 atom stereocenters. The molecule has 2 aromatic rings. The number of likely N-dealkylation sites (N-methyl/N-ethyl adjacent to an activating group) is 1. The molecule has 2 heterocycles. The van der Waals surface area contributed by atoms with Gasteiger partial charge in [0.1, 0.15) is 12.2 Å². The van der Waals surface area contributed by atoms with Crippen LogP contribution in [-0.4, -0.2) is 83.9 Å². The maximum absolute atomic E-state index is 13.1. The maximum Gasteiger partial charge on any atom is 0.272 e. The molecule has 178 valence electrons. The smallest absolute Gasteiger partial charge is 0.272 e. The molecule has 3 amide bonds. The van der Waals surface area contributed by atoms with Crippen LogP contribution in [-0.2, 0) is 9.59 Å². The van der Waals surface area contributed by atoms with Crippen molar-refractivity contribution < 1.29 is 18.8 Å². The fraction of sp³-hybridized carbons (Fsp3) is 0.391. The number of aliphatic imine (C=N–C) groups is 1. The fourth-order valence-corrected chi connectivity index (χ4v) is 3.71. The summed E-state index contributed by atoms with van der Waals surface area (Å²) in [5.74, 6) is -1.37. The Hall–Kier alpha value is -4.07. The van der Waals surface area contributed by atoms with Crippen LogP contribution in [0.15, 0.2) is 29.3 Å². The van der Waals surface area contributed by atoms with Crippen LogP contribution in [0.1, 0.15) is 35.4 Å². The number of benzene rings is 1. The molecule has 1 aliphatic rings. The van der Waals surface area contributed by atoms with E-state index in [1.165, 1.54) is 11.0 Å². The van der Waals surface area contributed by atoms with E-state index in [1.54, 1.807) is 48.1 Å². The highest BCUT2D eigenvalue weighted by Gasteiger charge is 2.33. The van der Waals surface area contributed by atoms with Gasteiger partial charge in [0, 0.05) is 39.0 Å². The van der Waals surface area contributed by atoms with Crippen LogP contribution in [0.2, 0.25) is 0 Å². The van der Waals surface area contributed by atoms with E-state index >= 15 is 0 Å². The molecule has 1 aromatic carbocycles. The molecule has 11 heteroatoms. The van der Waals surface area contributed by atoms with Crippen molar-refractivity contribution >= 4 is 29.6 Å². The van der Waals surface area contributed by atoms with Gasteiger partial charge in [-0.25, -0.2) is 4.39 Å². The van der Waals surface area contributed by atoms with E-state index in [-0.39, 0.29) is 35.7 Å². The van der Waals surface area contributed by atoms with Gasteiger partial charge in [0.15, 0.2) is 6.67 Å². The lowest BCUT2D eigenvalue weighted by atomic mass is 10.1. The molecular weight excluding hydrogens is 441 g/mol. The van der Waals surface area contributed by atoms with Gasteiger partial charge in [-0.3, -0.25) is 19.1 Å². The molecule has 0 aliphatic carbocycles. The number of alkyl halides is 1. The molecule has 1 aliphatic heterocycles. The Bertz CT molecular complexity index is 1170. The van der Waals surface area contributed by atoms with Crippen LogP contribution in [0.4, 0.5) is 10.1 Å². The lowest BCUT2D eigenvalue weighted by molar-refractivity contribution is -0.130. The first-order chi connectivity index (χ1) is 16.3. The minimum atomic E-state index is -1.21. The lowest BCUT2D eigenvalue weighted by Crippen LogP contribution is -2.47. The molecule has 0 radical (unpaired) electrons. The largest absolute Gasteiger partial charge is 0.344 e. The van der Waals surface area contributed by atoms with Gasteiger partial charge < -0.3 is 20.1 Å². The number of fused-ring (bicyclic) bond motifs is 1. The van der Waals surface area contributed by atoms with Crippen LogP contribution in [0.25, 0.3) is 11.3 Å². The first kappa shape index (κ1) is 24.6. The van der Waals surface area contributed by atoms with Gasteiger partial charge in [0.25, 0.3) is 11.8 Å². The molecule has 0 saturated carbocycles. The van der Waals surface area contributed by atoms with Crippen molar-refractivity contribution in [1.29, 1.82) is 5.26 Å². The Kier molecular flexibility index (Phi) is 7.73. The number of hydrogen-bond acceptors (Lipinski definition) is 6. The third-order valence-electron chi connectivity index (χ3n) is 5.49. The molecule has 0 spiro atoms. The van der Waals surface area contributed by atoms with Crippen molar-refractivity contribution in [3.8, 4) is 17.3 Å². The summed E-state index contributed by atoms with van der Waals surface area (Å²) in [6, 6.07) is 7.91. The van der Waals surface area contributed by atoms with Gasteiger partial charge in [0.2, 0.25) is 5.91 Å². The number of carbonyl (C=O) groups is 3. The summed E-state index contributed by atoms with van der Waals surface area (Å²) in [7, 11) is 3.35. The third kappa shape index (κ3) is 5.28. The van der Waals surface area contributed by atoms with Gasteiger partial charge in [-0.1, -0.05) is 0 Å². The van der Waals surface area contributed by atoms with Crippen molar-refractivity contribution in [2.24, 2.45) is 4.99 Å². The SMILES string of the molecule is CN=CCCN(C)C(=O)CN1C[C@H](C)n2nc(-c3ccc(C#N)cc3NC(=O)CF)cc2C1=O. The topological polar surface area (TPSA) is 124 Å². The van der Waals surface area contributed by atoms with Gasteiger partial charge in [0.05, 0.1) is 29.1 Å². The Morgan fingerprint density at radius 1 is 1.41 bits per heavy atom. The van der Waals surface area contributed by atoms with Crippen molar-refractivity contribution in [3.05, 3.63) is 35.5 Å². The van der Waals surface area contributed by atoms with Crippen molar-refractivity contribution in [1.82, 2.24) is 19.6 Å². The number of hydrogen-bond donors (Lipinski definition) is 1. The number of carbonyl (C=O) groups excluding carboxylic acids is 3. The summed E-state index contributed by atoms with van der Waals surface area (Å²) >= 11 is 0. The van der Waals surface area contributed by atoms with E-state index in [9.17, 15) is 24.0 Å². The zero-order valence-electron chi connectivity index (χ0n) is 19.3. The Morgan fingerprint density at radius 2 is 2.18 bits per heavy atom. The monoisotopic (exact) mass is 467 g/mol. The van der Waals surface area contributed by atoms with E-state index in [0.717, 1.165) is 0 Å². The average molecular weight is 468 g/mol. The number of nitrogens with zero attached hydrogens (tertiary/aromatic N) is 6. The lowest BCUT2D eigenvalue weighted by Gasteiger charge is -2.32. The first-order valence-corrected chi connectivity index (χ1v) is 10.7. The zero-order valence-corrected chi connectivity index (χ0v) is 19.3. The highest BCUT2D eigenvalue weighted by atomic mass is 19.1. The number of aromatic nitrogens is 2. The van der Waals surface area contributed by atoms with Gasteiger partial charge >= 0.3 is 0 Å². The van der Waals surface area contributed by atoms with E-state index in [0.29, 0.717) is 36.5 Å². The van der Waals surface area contributed by atoms with Crippen molar-refractivity contribution in [2.75, 3.05) is 45.7 Å². The Morgan fingerprint density at radius 3 is 2.85 bits per heavy atom. The summed E-state index contributed by atoms with van der Waals surface area (Å²) in [4.78, 5) is 44.3. The molecule has 0 saturated heterocycles. The second-order valence-corrected chi connectivity index (χ2v) is 7.99. The molecule has 3 rings (SSSR count). The standard InChI is InChI=1S/C23H26FN7O3/c1-15-13-30(14-22(33)29(3)8-4-7-26-2)23(34)20-10-19(28-31(15)20)17-6-5-16(12-25)9-18(17)27-21(32)11-24/h5-7,9-10,15H,4,8,11,13-14H2,1-3H3,(H,27,32)/t15-/m0/s1. The predicted molar refractivity (Wildman–Crippen MR) is 124 cm³/mol. The Labute approximate surface area is 196 Å². The van der Waals surface area contributed by atoms with Crippen LogP contribution in [0.5, 0.6) is 0 Å². The van der Waals surface area contributed by atoms with E-state index in [2.05, 4.69) is 15.4 Å². The number of halogens is 1. The van der Waals surface area contributed by atoms with E-state index in [1.807, 2.05) is 13.0 Å². The number of nitrogens with one attached hydrogen (secondary N) is 1. The van der Waals surface area contributed by atoms with Gasteiger partial charge in [-0.2, -0.15) is 10.4 Å². The minimum absolute atomic E-state index is 0.0574. The molecule has 0 bridgehead atoms. The van der Waals surface area contributed by atoms with E-state index in [4.69, 9.17) is 0 Å². The first-order valence-electron chi connectivity index (χ1n) is 10.7. The van der Waals surface area contributed by atoms with E-state index < -0.39 is 12.6 Å².